The monoisotopic (exact) mass is 381 g/mol. The molecule has 0 radical (unpaired) electrons. The van der Waals surface area contributed by atoms with Crippen LogP contribution in [0.25, 0.3) is 11.3 Å². The Morgan fingerprint density at radius 3 is 2.80 bits per heavy atom. The number of H-pyrrole nitrogens is 1. The number of likely N-dealkylation sites (tertiary alicyclic amines) is 1. The van der Waals surface area contributed by atoms with E-state index in [0.29, 0.717) is 16.7 Å². The van der Waals surface area contributed by atoms with Gasteiger partial charge < -0.3 is 4.74 Å². The van der Waals surface area contributed by atoms with Crippen LogP contribution in [0.3, 0.4) is 0 Å². The molecule has 7 heteroatoms. The number of ether oxygens (including phenoxy) is 1. The predicted molar refractivity (Wildman–Crippen MR) is 98.7 cm³/mol. The zero-order chi connectivity index (χ0) is 17.8. The third-order valence-corrected chi connectivity index (χ3v) is 5.07. The fraction of sp³-hybridized carbons (Fsp3) is 0.444. The molecule has 5 nitrogen and oxygen atoms in total. The molecule has 0 saturated carbocycles. The van der Waals surface area contributed by atoms with Gasteiger partial charge in [-0.2, -0.15) is 5.10 Å². The van der Waals surface area contributed by atoms with Gasteiger partial charge in [0, 0.05) is 22.7 Å². The molecule has 0 amide bonds. The number of rotatable bonds is 5. The first-order chi connectivity index (χ1) is 12.1. The molecule has 2 heterocycles. The van der Waals surface area contributed by atoms with Crippen molar-refractivity contribution >= 4 is 29.2 Å². The Morgan fingerprint density at radius 2 is 2.12 bits per heavy atom. The number of nitrogens with zero attached hydrogens (tertiary/aromatic N) is 2. The molecule has 3 rings (SSSR count). The SMILES string of the molecule is CCOC(=O)C1CCN(Cc2cn[nH]c2-c2ccc(Cl)cc2Cl)CC1. The van der Waals surface area contributed by atoms with E-state index in [2.05, 4.69) is 15.1 Å². The molecule has 1 fully saturated rings. The zero-order valence-corrected chi connectivity index (χ0v) is 15.6. The van der Waals surface area contributed by atoms with E-state index in [4.69, 9.17) is 27.9 Å². The standard InChI is InChI=1S/C18H21Cl2N3O2/c1-2-25-18(24)12-5-7-23(8-6-12)11-13-10-21-22-17(13)15-4-3-14(19)9-16(15)20/h3-4,9-10,12H,2,5-8,11H2,1H3,(H,21,22). The number of carbonyl (C=O) groups is 1. The minimum Gasteiger partial charge on any atom is -0.466 e. The van der Waals surface area contributed by atoms with E-state index in [1.54, 1.807) is 6.07 Å². The maximum absolute atomic E-state index is 11.8. The van der Waals surface area contributed by atoms with Crippen LogP contribution in [-0.4, -0.2) is 40.8 Å². The Kier molecular flexibility index (Phi) is 5.99. The first-order valence-electron chi connectivity index (χ1n) is 8.45. The molecule has 0 bridgehead atoms. The Morgan fingerprint density at radius 1 is 1.36 bits per heavy atom. The zero-order valence-electron chi connectivity index (χ0n) is 14.1. The van der Waals surface area contributed by atoms with Crippen LogP contribution in [0.15, 0.2) is 24.4 Å². The number of halogens is 2. The first-order valence-corrected chi connectivity index (χ1v) is 9.20. The van der Waals surface area contributed by atoms with E-state index < -0.39 is 0 Å². The van der Waals surface area contributed by atoms with Gasteiger partial charge in [-0.3, -0.25) is 14.8 Å². The number of hydrogen-bond acceptors (Lipinski definition) is 4. The van der Waals surface area contributed by atoms with E-state index >= 15 is 0 Å². The summed E-state index contributed by atoms with van der Waals surface area (Å²) in [6.07, 6.45) is 3.49. The third kappa shape index (κ3) is 4.35. The van der Waals surface area contributed by atoms with Crippen molar-refractivity contribution in [2.45, 2.75) is 26.3 Å². The second-order valence-electron chi connectivity index (χ2n) is 6.20. The molecule has 1 N–H and O–H groups in total. The van der Waals surface area contributed by atoms with Crippen molar-refractivity contribution in [1.29, 1.82) is 0 Å². The fourth-order valence-electron chi connectivity index (χ4n) is 3.18. The van der Waals surface area contributed by atoms with Crippen LogP contribution >= 0.6 is 23.2 Å². The molecule has 25 heavy (non-hydrogen) atoms. The van der Waals surface area contributed by atoms with E-state index in [-0.39, 0.29) is 11.9 Å². The lowest BCUT2D eigenvalue weighted by atomic mass is 9.96. The van der Waals surface area contributed by atoms with Gasteiger partial charge in [-0.1, -0.05) is 23.2 Å². The molecular formula is C18H21Cl2N3O2. The van der Waals surface area contributed by atoms with Crippen LogP contribution in [-0.2, 0) is 16.1 Å². The minimum atomic E-state index is -0.0703. The summed E-state index contributed by atoms with van der Waals surface area (Å²) in [4.78, 5) is 14.2. The Bertz CT molecular complexity index is 740. The highest BCUT2D eigenvalue weighted by Crippen LogP contribution is 2.32. The van der Waals surface area contributed by atoms with Crippen molar-refractivity contribution < 1.29 is 9.53 Å². The number of piperidine rings is 1. The van der Waals surface area contributed by atoms with Crippen molar-refractivity contribution in [3.05, 3.63) is 40.0 Å². The lowest BCUT2D eigenvalue weighted by Crippen LogP contribution is -2.36. The molecule has 1 saturated heterocycles. The summed E-state index contributed by atoms with van der Waals surface area (Å²) in [6, 6.07) is 5.45. The van der Waals surface area contributed by atoms with Gasteiger partial charge in [-0.05, 0) is 51.1 Å². The summed E-state index contributed by atoms with van der Waals surface area (Å²) in [5.41, 5.74) is 2.88. The molecule has 0 atom stereocenters. The lowest BCUT2D eigenvalue weighted by molar-refractivity contribution is -0.149. The van der Waals surface area contributed by atoms with E-state index in [9.17, 15) is 4.79 Å². The quantitative estimate of drug-likeness (QED) is 0.789. The number of aromatic nitrogens is 2. The van der Waals surface area contributed by atoms with Crippen molar-refractivity contribution in [2.75, 3.05) is 19.7 Å². The summed E-state index contributed by atoms with van der Waals surface area (Å²) in [6.45, 7) is 4.78. The number of aromatic amines is 1. The van der Waals surface area contributed by atoms with Gasteiger partial charge in [-0.25, -0.2) is 0 Å². The highest BCUT2D eigenvalue weighted by Gasteiger charge is 2.26. The largest absolute Gasteiger partial charge is 0.466 e. The first kappa shape index (κ1) is 18.2. The number of esters is 1. The van der Waals surface area contributed by atoms with Gasteiger partial charge in [0.25, 0.3) is 0 Å². The van der Waals surface area contributed by atoms with E-state index in [1.165, 1.54) is 0 Å². The average Bonchev–Trinajstić information content (AvgIpc) is 3.03. The van der Waals surface area contributed by atoms with Gasteiger partial charge in [-0.15, -0.1) is 0 Å². The molecule has 134 valence electrons. The van der Waals surface area contributed by atoms with Gasteiger partial charge in [0.1, 0.15) is 0 Å². The van der Waals surface area contributed by atoms with E-state index in [1.807, 2.05) is 25.3 Å². The molecule has 1 aromatic carbocycles. The molecule has 0 aliphatic carbocycles. The number of benzene rings is 1. The number of hydrogen-bond donors (Lipinski definition) is 1. The van der Waals surface area contributed by atoms with Crippen molar-refractivity contribution in [1.82, 2.24) is 15.1 Å². The highest BCUT2D eigenvalue weighted by atomic mass is 35.5. The Labute approximate surface area is 157 Å². The summed E-state index contributed by atoms with van der Waals surface area (Å²) < 4.78 is 5.12. The topological polar surface area (TPSA) is 58.2 Å². The summed E-state index contributed by atoms with van der Waals surface area (Å²) >= 11 is 12.3. The van der Waals surface area contributed by atoms with Crippen LogP contribution in [0.1, 0.15) is 25.3 Å². The summed E-state index contributed by atoms with van der Waals surface area (Å²) in [7, 11) is 0. The molecule has 1 aliphatic heterocycles. The van der Waals surface area contributed by atoms with Crippen LogP contribution < -0.4 is 0 Å². The fourth-order valence-corrected chi connectivity index (χ4v) is 3.69. The van der Waals surface area contributed by atoms with E-state index in [0.717, 1.165) is 49.3 Å². The average molecular weight is 382 g/mol. The second-order valence-corrected chi connectivity index (χ2v) is 7.04. The van der Waals surface area contributed by atoms with Crippen LogP contribution in [0.2, 0.25) is 10.0 Å². The molecule has 2 aromatic rings. The highest BCUT2D eigenvalue weighted by molar-refractivity contribution is 6.36. The van der Waals surface area contributed by atoms with Gasteiger partial charge in [0.15, 0.2) is 0 Å². The third-order valence-electron chi connectivity index (χ3n) is 4.52. The molecule has 0 spiro atoms. The van der Waals surface area contributed by atoms with Crippen LogP contribution in [0, 0.1) is 5.92 Å². The van der Waals surface area contributed by atoms with Crippen molar-refractivity contribution in [3.63, 3.8) is 0 Å². The Hall–Kier alpha value is -1.56. The Balaban J connectivity index is 1.66. The summed E-state index contributed by atoms with van der Waals surface area (Å²) in [5.74, 6) is -0.0511. The maximum Gasteiger partial charge on any atom is 0.309 e. The normalized spacial score (nSPS) is 16.1. The van der Waals surface area contributed by atoms with Crippen molar-refractivity contribution in [3.8, 4) is 11.3 Å². The van der Waals surface area contributed by atoms with Gasteiger partial charge in [0.2, 0.25) is 0 Å². The van der Waals surface area contributed by atoms with Gasteiger partial charge >= 0.3 is 5.97 Å². The van der Waals surface area contributed by atoms with Crippen LogP contribution in [0.5, 0.6) is 0 Å². The van der Waals surface area contributed by atoms with Crippen LogP contribution in [0.4, 0.5) is 0 Å². The predicted octanol–water partition coefficient (Wildman–Crippen LogP) is 4.16. The van der Waals surface area contributed by atoms with Crippen molar-refractivity contribution in [2.24, 2.45) is 5.92 Å². The molecule has 1 aromatic heterocycles. The van der Waals surface area contributed by atoms with Gasteiger partial charge in [0.05, 0.1) is 29.4 Å². The summed E-state index contributed by atoms with van der Waals surface area (Å²) in [5, 5.41) is 8.42. The molecule has 1 aliphatic rings. The lowest BCUT2D eigenvalue weighted by Gasteiger charge is -2.30. The maximum atomic E-state index is 11.8. The molecular weight excluding hydrogens is 361 g/mol. The smallest absolute Gasteiger partial charge is 0.309 e. The molecule has 0 unspecified atom stereocenters. The number of carbonyl (C=O) groups excluding carboxylic acids is 1. The second kappa shape index (κ2) is 8.21. The minimum absolute atomic E-state index is 0.0192. The number of nitrogens with one attached hydrogen (secondary N) is 1.